The molecular weight excluding hydrogens is 342 g/mol. The second kappa shape index (κ2) is 7.97. The Labute approximate surface area is 156 Å². The quantitative estimate of drug-likeness (QED) is 0.533. The average molecular weight is 359 g/mol. The van der Waals surface area contributed by atoms with Crippen molar-refractivity contribution in [3.63, 3.8) is 0 Å². The van der Waals surface area contributed by atoms with Crippen molar-refractivity contribution in [2.24, 2.45) is 5.10 Å². The number of rotatable bonds is 5. The number of anilines is 1. The second-order valence-electron chi connectivity index (χ2n) is 5.63. The van der Waals surface area contributed by atoms with E-state index in [-0.39, 0.29) is 17.4 Å². The first kappa shape index (κ1) is 17.9. The summed E-state index contributed by atoms with van der Waals surface area (Å²) in [6, 6.07) is 17.8. The van der Waals surface area contributed by atoms with Crippen molar-refractivity contribution in [3.8, 4) is 28.8 Å². The molecule has 7 nitrogen and oxygen atoms in total. The van der Waals surface area contributed by atoms with Crippen LogP contribution in [-0.2, 0) is 0 Å². The Bertz CT molecular complexity index is 1020. The lowest BCUT2D eigenvalue weighted by Gasteiger charge is -2.07. The summed E-state index contributed by atoms with van der Waals surface area (Å²) in [7, 11) is 1.60. The zero-order valence-corrected chi connectivity index (χ0v) is 14.8. The van der Waals surface area contributed by atoms with E-state index >= 15 is 0 Å². The van der Waals surface area contributed by atoms with E-state index < -0.39 is 0 Å². The molecule has 0 fully saturated rings. The minimum Gasteiger partial charge on any atom is -0.507 e. The molecule has 0 radical (unpaired) electrons. The Morgan fingerprint density at radius 2 is 1.89 bits per heavy atom. The Morgan fingerprint density at radius 3 is 2.56 bits per heavy atom. The van der Waals surface area contributed by atoms with E-state index in [0.29, 0.717) is 17.0 Å². The topological polar surface area (TPSA) is 103 Å². The zero-order valence-electron chi connectivity index (χ0n) is 14.8. The van der Waals surface area contributed by atoms with Gasteiger partial charge in [0.25, 0.3) is 0 Å². The lowest BCUT2D eigenvalue weighted by molar-refractivity contribution is 0.415. The average Bonchev–Trinajstić information content (AvgIpc) is 2.72. The van der Waals surface area contributed by atoms with Crippen molar-refractivity contribution in [3.05, 3.63) is 65.9 Å². The number of nitrogens with one attached hydrogen (secondary N) is 1. The van der Waals surface area contributed by atoms with Crippen molar-refractivity contribution in [2.45, 2.75) is 6.92 Å². The predicted molar refractivity (Wildman–Crippen MR) is 103 cm³/mol. The van der Waals surface area contributed by atoms with Gasteiger partial charge in [-0.25, -0.2) is 15.4 Å². The fraction of sp³-hybridized carbons (Fsp3) is 0.100. The Balaban J connectivity index is 1.90. The minimum absolute atomic E-state index is 0.131. The first-order valence-electron chi connectivity index (χ1n) is 8.13. The van der Waals surface area contributed by atoms with Crippen molar-refractivity contribution < 1.29 is 9.84 Å². The highest BCUT2D eigenvalue weighted by atomic mass is 16.5. The number of phenolic OH excluding ortho intramolecular Hbond substituents is 1. The molecule has 0 bridgehead atoms. The molecule has 3 aromatic rings. The van der Waals surface area contributed by atoms with Gasteiger partial charge in [0.1, 0.15) is 23.3 Å². The van der Waals surface area contributed by atoms with Gasteiger partial charge < -0.3 is 9.84 Å². The highest BCUT2D eigenvalue weighted by Gasteiger charge is 2.08. The van der Waals surface area contributed by atoms with E-state index in [4.69, 9.17) is 4.74 Å². The van der Waals surface area contributed by atoms with Crippen molar-refractivity contribution in [1.82, 2.24) is 9.97 Å². The van der Waals surface area contributed by atoms with Crippen LogP contribution in [0, 0.1) is 11.3 Å². The normalized spacial score (nSPS) is 10.9. The largest absolute Gasteiger partial charge is 0.507 e. The first-order valence-corrected chi connectivity index (χ1v) is 8.13. The molecule has 0 saturated carbocycles. The molecule has 7 heteroatoms. The Hall–Kier alpha value is -3.92. The summed E-state index contributed by atoms with van der Waals surface area (Å²) in [6.45, 7) is 1.75. The van der Waals surface area contributed by atoms with Crippen LogP contribution in [0.5, 0.6) is 11.5 Å². The third-order valence-electron chi connectivity index (χ3n) is 3.84. The molecule has 0 spiro atoms. The van der Waals surface area contributed by atoms with Gasteiger partial charge in [-0.15, -0.1) is 0 Å². The van der Waals surface area contributed by atoms with Crippen LogP contribution >= 0.6 is 0 Å². The van der Waals surface area contributed by atoms with Crippen LogP contribution in [0.25, 0.3) is 11.3 Å². The van der Waals surface area contributed by atoms with Crippen LogP contribution in [-0.4, -0.2) is 27.9 Å². The summed E-state index contributed by atoms with van der Waals surface area (Å²) in [4.78, 5) is 8.53. The van der Waals surface area contributed by atoms with Crippen LogP contribution in [0.3, 0.4) is 0 Å². The molecule has 0 atom stereocenters. The number of ether oxygens (including phenoxy) is 1. The van der Waals surface area contributed by atoms with Gasteiger partial charge in [0.15, 0.2) is 0 Å². The van der Waals surface area contributed by atoms with Crippen LogP contribution in [0.1, 0.15) is 18.2 Å². The molecule has 0 aliphatic heterocycles. The fourth-order valence-corrected chi connectivity index (χ4v) is 2.44. The number of benzene rings is 2. The molecule has 27 heavy (non-hydrogen) atoms. The third kappa shape index (κ3) is 4.19. The van der Waals surface area contributed by atoms with Gasteiger partial charge in [0.2, 0.25) is 5.95 Å². The van der Waals surface area contributed by atoms with E-state index in [2.05, 4.69) is 20.5 Å². The highest BCUT2D eigenvalue weighted by molar-refractivity contribution is 6.01. The number of nitrogens with zero attached hydrogens (tertiary/aromatic N) is 4. The van der Waals surface area contributed by atoms with Crippen LogP contribution in [0.4, 0.5) is 5.95 Å². The molecular formula is C20H17N5O2. The number of methoxy groups -OCH3 is 1. The minimum atomic E-state index is 0.131. The number of aromatic nitrogens is 2. The van der Waals surface area contributed by atoms with Gasteiger partial charge in [-0.3, -0.25) is 0 Å². The van der Waals surface area contributed by atoms with Crippen LogP contribution < -0.4 is 10.2 Å². The summed E-state index contributed by atoms with van der Waals surface area (Å²) in [5, 5.41) is 23.4. The van der Waals surface area contributed by atoms with E-state index in [0.717, 1.165) is 11.3 Å². The van der Waals surface area contributed by atoms with E-state index in [1.54, 1.807) is 38.3 Å². The molecule has 0 saturated heterocycles. The molecule has 134 valence electrons. The maximum Gasteiger partial charge on any atom is 0.245 e. The summed E-state index contributed by atoms with van der Waals surface area (Å²) in [5.41, 5.74) is 5.53. The maximum absolute atomic E-state index is 9.90. The second-order valence-corrected chi connectivity index (χ2v) is 5.63. The summed E-state index contributed by atoms with van der Waals surface area (Å²) in [6.07, 6.45) is 0. The lowest BCUT2D eigenvalue weighted by atomic mass is 10.1. The van der Waals surface area contributed by atoms with Gasteiger partial charge in [-0.1, -0.05) is 12.1 Å². The van der Waals surface area contributed by atoms with Crippen molar-refractivity contribution in [2.75, 3.05) is 12.5 Å². The number of hydrogen-bond acceptors (Lipinski definition) is 7. The Morgan fingerprint density at radius 1 is 1.15 bits per heavy atom. The number of nitriles is 1. The molecule has 0 aliphatic rings. The molecule has 1 heterocycles. The van der Waals surface area contributed by atoms with Gasteiger partial charge in [0.05, 0.1) is 18.5 Å². The standard InChI is InChI=1S/C20H17N5O2/c1-13(17-5-3-4-6-19(17)26)24-25-20-22-15(12-21)11-18(23-20)14-7-9-16(27-2)10-8-14/h3-11,26H,1-2H3,(H,22,23,25)/b24-13+. The number of phenols is 1. The predicted octanol–water partition coefficient (Wildman–Crippen LogP) is 3.57. The number of para-hydroxylation sites is 1. The van der Waals surface area contributed by atoms with Gasteiger partial charge in [-0.2, -0.15) is 10.4 Å². The lowest BCUT2D eigenvalue weighted by Crippen LogP contribution is -2.04. The van der Waals surface area contributed by atoms with E-state index in [1.807, 2.05) is 36.4 Å². The third-order valence-corrected chi connectivity index (χ3v) is 3.84. The Kier molecular flexibility index (Phi) is 5.28. The van der Waals surface area contributed by atoms with Crippen molar-refractivity contribution in [1.29, 1.82) is 5.26 Å². The molecule has 0 amide bonds. The molecule has 0 aliphatic carbocycles. The summed E-state index contributed by atoms with van der Waals surface area (Å²) in [5.74, 6) is 1.05. The van der Waals surface area contributed by atoms with Crippen LogP contribution in [0.2, 0.25) is 0 Å². The monoisotopic (exact) mass is 359 g/mol. The number of aromatic hydroxyl groups is 1. The molecule has 3 rings (SSSR count). The molecule has 2 N–H and O–H groups in total. The summed E-state index contributed by atoms with van der Waals surface area (Å²) < 4.78 is 5.15. The first-order chi connectivity index (χ1) is 13.1. The van der Waals surface area contributed by atoms with Gasteiger partial charge in [-0.05, 0) is 43.3 Å². The highest BCUT2D eigenvalue weighted by Crippen LogP contribution is 2.22. The SMILES string of the molecule is COc1ccc(-c2cc(C#N)nc(N/N=C(\C)c3ccccc3O)n2)cc1. The summed E-state index contributed by atoms with van der Waals surface area (Å²) >= 11 is 0. The van der Waals surface area contributed by atoms with Crippen molar-refractivity contribution >= 4 is 11.7 Å². The van der Waals surface area contributed by atoms with E-state index in [9.17, 15) is 10.4 Å². The van der Waals surface area contributed by atoms with Gasteiger partial charge in [0, 0.05) is 17.2 Å². The van der Waals surface area contributed by atoms with Crippen LogP contribution in [0.15, 0.2) is 59.7 Å². The number of hydrogen-bond donors (Lipinski definition) is 2. The maximum atomic E-state index is 9.90. The molecule has 1 aromatic heterocycles. The zero-order chi connectivity index (χ0) is 19.2. The number of hydrazone groups is 1. The smallest absolute Gasteiger partial charge is 0.245 e. The fourth-order valence-electron chi connectivity index (χ4n) is 2.44. The van der Waals surface area contributed by atoms with Gasteiger partial charge >= 0.3 is 0 Å². The van der Waals surface area contributed by atoms with E-state index in [1.165, 1.54) is 0 Å². The molecule has 2 aromatic carbocycles. The molecule has 0 unspecified atom stereocenters.